The number of aromatic nitrogens is 1. The molecule has 30 heavy (non-hydrogen) atoms. The number of nitrogens with one attached hydrogen (secondary N) is 1. The summed E-state index contributed by atoms with van der Waals surface area (Å²) in [4.78, 5) is 27.3. The van der Waals surface area contributed by atoms with Crippen LogP contribution in [0.3, 0.4) is 0 Å². The van der Waals surface area contributed by atoms with Crippen LogP contribution in [-0.4, -0.2) is 30.1 Å². The predicted molar refractivity (Wildman–Crippen MR) is 111 cm³/mol. The number of carbonyl (C=O) groups excluding carboxylic acids is 2. The highest BCUT2D eigenvalue weighted by Gasteiger charge is 2.27. The van der Waals surface area contributed by atoms with Gasteiger partial charge in [0.15, 0.2) is 0 Å². The molecule has 154 valence electrons. The summed E-state index contributed by atoms with van der Waals surface area (Å²) in [6.07, 6.45) is 1.77. The van der Waals surface area contributed by atoms with E-state index in [0.29, 0.717) is 6.54 Å². The molecule has 1 aliphatic heterocycles. The number of benzene rings is 2. The SMILES string of the molecule is Cc1onc(-c2c(F)cccc2Cl)c1C(=O)NCC(=O)N1CCCc2ccccc21. The van der Waals surface area contributed by atoms with Gasteiger partial charge in [-0.3, -0.25) is 9.59 Å². The maximum atomic E-state index is 14.3. The summed E-state index contributed by atoms with van der Waals surface area (Å²) in [5.41, 5.74) is 2.01. The van der Waals surface area contributed by atoms with Crippen LogP contribution in [0.2, 0.25) is 5.02 Å². The Kier molecular flexibility index (Phi) is 5.55. The molecule has 2 heterocycles. The molecular weight excluding hydrogens is 409 g/mol. The predicted octanol–water partition coefficient (Wildman–Crippen LogP) is 4.15. The van der Waals surface area contributed by atoms with Crippen LogP contribution < -0.4 is 10.2 Å². The summed E-state index contributed by atoms with van der Waals surface area (Å²) >= 11 is 6.11. The number of carbonyl (C=O) groups is 2. The lowest BCUT2D eigenvalue weighted by Crippen LogP contribution is -2.42. The van der Waals surface area contributed by atoms with Gasteiger partial charge in [0.25, 0.3) is 5.91 Å². The van der Waals surface area contributed by atoms with E-state index in [4.69, 9.17) is 16.1 Å². The van der Waals surface area contributed by atoms with Crippen LogP contribution >= 0.6 is 11.6 Å². The van der Waals surface area contributed by atoms with Crippen LogP contribution in [0.4, 0.5) is 10.1 Å². The number of hydrogen-bond donors (Lipinski definition) is 1. The van der Waals surface area contributed by atoms with Crippen molar-refractivity contribution >= 4 is 29.1 Å². The number of halogens is 2. The van der Waals surface area contributed by atoms with Crippen molar-refractivity contribution in [2.45, 2.75) is 19.8 Å². The number of hydrogen-bond acceptors (Lipinski definition) is 4. The second-order valence-corrected chi connectivity index (χ2v) is 7.43. The highest BCUT2D eigenvalue weighted by atomic mass is 35.5. The molecule has 0 saturated carbocycles. The Morgan fingerprint density at radius 2 is 2.03 bits per heavy atom. The summed E-state index contributed by atoms with van der Waals surface area (Å²) in [6.45, 7) is 1.93. The zero-order valence-corrected chi connectivity index (χ0v) is 17.0. The fraction of sp³-hybridized carbons (Fsp3) is 0.227. The Morgan fingerprint density at radius 3 is 2.83 bits per heavy atom. The standard InChI is InChI=1S/C22H19ClFN3O3/c1-13-19(21(26-30-13)20-15(23)8-4-9-16(20)24)22(29)25-12-18(28)27-11-5-7-14-6-2-3-10-17(14)27/h2-4,6,8-10H,5,7,11-12H2,1H3,(H,25,29). The molecule has 8 heteroatoms. The van der Waals surface area contributed by atoms with E-state index >= 15 is 0 Å². The van der Waals surface area contributed by atoms with Gasteiger partial charge in [0.2, 0.25) is 5.91 Å². The van der Waals surface area contributed by atoms with Gasteiger partial charge in [0.1, 0.15) is 22.8 Å². The number of nitrogens with zero attached hydrogens (tertiary/aromatic N) is 2. The highest BCUT2D eigenvalue weighted by Crippen LogP contribution is 2.33. The number of anilines is 1. The lowest BCUT2D eigenvalue weighted by atomic mass is 10.0. The molecule has 2 amide bonds. The van der Waals surface area contributed by atoms with Gasteiger partial charge in [-0.25, -0.2) is 4.39 Å². The minimum Gasteiger partial charge on any atom is -0.360 e. The van der Waals surface area contributed by atoms with Crippen molar-refractivity contribution in [1.29, 1.82) is 0 Å². The number of aryl methyl sites for hydroxylation is 2. The molecule has 0 unspecified atom stereocenters. The van der Waals surface area contributed by atoms with Crippen LogP contribution in [0.15, 0.2) is 47.0 Å². The number of para-hydroxylation sites is 1. The smallest absolute Gasteiger partial charge is 0.257 e. The summed E-state index contributed by atoms with van der Waals surface area (Å²) in [5, 5.41) is 6.54. The average molecular weight is 428 g/mol. The average Bonchev–Trinajstić information content (AvgIpc) is 3.12. The fourth-order valence-electron chi connectivity index (χ4n) is 3.67. The van der Waals surface area contributed by atoms with Crippen LogP contribution in [-0.2, 0) is 11.2 Å². The molecule has 3 aromatic rings. The molecule has 0 aliphatic carbocycles. The lowest BCUT2D eigenvalue weighted by Gasteiger charge is -2.29. The number of amides is 2. The molecule has 0 radical (unpaired) electrons. The van der Waals surface area contributed by atoms with Crippen LogP contribution in [0.25, 0.3) is 11.3 Å². The molecule has 0 spiro atoms. The zero-order chi connectivity index (χ0) is 21.3. The van der Waals surface area contributed by atoms with Crippen molar-refractivity contribution in [3.8, 4) is 11.3 Å². The van der Waals surface area contributed by atoms with E-state index in [1.165, 1.54) is 18.2 Å². The normalized spacial score (nSPS) is 13.1. The number of fused-ring (bicyclic) bond motifs is 1. The van der Waals surface area contributed by atoms with Gasteiger partial charge in [-0.1, -0.05) is 41.0 Å². The summed E-state index contributed by atoms with van der Waals surface area (Å²) < 4.78 is 19.4. The molecule has 2 aromatic carbocycles. The maximum absolute atomic E-state index is 14.3. The minimum atomic E-state index is -0.620. The maximum Gasteiger partial charge on any atom is 0.257 e. The van der Waals surface area contributed by atoms with E-state index < -0.39 is 11.7 Å². The van der Waals surface area contributed by atoms with Crippen molar-refractivity contribution in [2.75, 3.05) is 18.0 Å². The second-order valence-electron chi connectivity index (χ2n) is 7.02. The molecule has 0 bridgehead atoms. The minimum absolute atomic E-state index is 0.00358. The molecule has 6 nitrogen and oxygen atoms in total. The largest absolute Gasteiger partial charge is 0.360 e. The van der Waals surface area contributed by atoms with Crippen molar-refractivity contribution in [1.82, 2.24) is 10.5 Å². The Labute approximate surface area is 177 Å². The van der Waals surface area contributed by atoms with Crippen LogP contribution in [0, 0.1) is 12.7 Å². The third kappa shape index (κ3) is 3.68. The fourth-order valence-corrected chi connectivity index (χ4v) is 3.92. The molecule has 1 N–H and O–H groups in total. The van der Waals surface area contributed by atoms with Gasteiger partial charge >= 0.3 is 0 Å². The van der Waals surface area contributed by atoms with Crippen LogP contribution in [0.1, 0.15) is 28.1 Å². The van der Waals surface area contributed by atoms with Crippen molar-refractivity contribution < 1.29 is 18.5 Å². The van der Waals surface area contributed by atoms with Crippen molar-refractivity contribution in [2.24, 2.45) is 0 Å². The Morgan fingerprint density at radius 1 is 1.23 bits per heavy atom. The van der Waals surface area contributed by atoms with Crippen LogP contribution in [0.5, 0.6) is 0 Å². The van der Waals surface area contributed by atoms with E-state index in [0.717, 1.165) is 24.1 Å². The Balaban J connectivity index is 1.54. The number of rotatable bonds is 4. The van der Waals surface area contributed by atoms with E-state index in [1.807, 2.05) is 24.3 Å². The first-order valence-electron chi connectivity index (χ1n) is 9.54. The summed E-state index contributed by atoms with van der Waals surface area (Å²) in [6, 6.07) is 11.9. The molecule has 1 aromatic heterocycles. The van der Waals surface area contributed by atoms with E-state index in [-0.39, 0.29) is 40.1 Å². The molecule has 0 atom stereocenters. The third-order valence-electron chi connectivity index (χ3n) is 5.10. The van der Waals surface area contributed by atoms with Gasteiger partial charge in [-0.2, -0.15) is 0 Å². The lowest BCUT2D eigenvalue weighted by molar-refractivity contribution is -0.117. The quantitative estimate of drug-likeness (QED) is 0.678. The Bertz CT molecular complexity index is 1110. The molecule has 4 rings (SSSR count). The van der Waals surface area contributed by atoms with Gasteiger partial charge in [0, 0.05) is 12.2 Å². The van der Waals surface area contributed by atoms with Gasteiger partial charge in [0.05, 0.1) is 17.1 Å². The molecular formula is C22H19ClFN3O3. The molecule has 0 saturated heterocycles. The van der Waals surface area contributed by atoms with Gasteiger partial charge in [-0.15, -0.1) is 0 Å². The van der Waals surface area contributed by atoms with Gasteiger partial charge in [-0.05, 0) is 43.5 Å². The zero-order valence-electron chi connectivity index (χ0n) is 16.2. The second kappa shape index (κ2) is 8.28. The first kappa shape index (κ1) is 20.1. The van der Waals surface area contributed by atoms with Crippen molar-refractivity contribution in [3.63, 3.8) is 0 Å². The first-order valence-corrected chi connectivity index (χ1v) is 9.92. The molecule has 1 aliphatic rings. The highest BCUT2D eigenvalue weighted by molar-refractivity contribution is 6.33. The van der Waals surface area contributed by atoms with E-state index in [2.05, 4.69) is 10.5 Å². The van der Waals surface area contributed by atoms with E-state index in [1.54, 1.807) is 11.8 Å². The molecule has 0 fully saturated rings. The Hall–Kier alpha value is -3.19. The first-order chi connectivity index (χ1) is 14.5. The summed E-state index contributed by atoms with van der Waals surface area (Å²) in [7, 11) is 0. The van der Waals surface area contributed by atoms with Crippen molar-refractivity contribution in [3.05, 3.63) is 70.2 Å². The monoisotopic (exact) mass is 427 g/mol. The van der Waals surface area contributed by atoms with Gasteiger partial charge < -0.3 is 14.7 Å². The van der Waals surface area contributed by atoms with E-state index in [9.17, 15) is 14.0 Å². The third-order valence-corrected chi connectivity index (χ3v) is 5.42. The summed E-state index contributed by atoms with van der Waals surface area (Å²) in [5.74, 6) is -1.22. The topological polar surface area (TPSA) is 75.4 Å².